The van der Waals surface area contributed by atoms with Gasteiger partial charge in [-0.3, -0.25) is 9.59 Å². The van der Waals surface area contributed by atoms with Crippen LogP contribution in [0.2, 0.25) is 0 Å². The lowest BCUT2D eigenvalue weighted by Gasteiger charge is -2.26. The molecule has 2 aromatic rings. The molecule has 0 aliphatic carbocycles. The van der Waals surface area contributed by atoms with Crippen LogP contribution in [0.4, 0.5) is 5.69 Å². The van der Waals surface area contributed by atoms with Gasteiger partial charge in [-0.05, 0) is 42.4 Å². The molecule has 192 valence electrons. The van der Waals surface area contributed by atoms with Gasteiger partial charge >= 0.3 is 0 Å². The topological polar surface area (TPSA) is 65.1 Å². The van der Waals surface area contributed by atoms with Gasteiger partial charge < -0.3 is 24.8 Å². The van der Waals surface area contributed by atoms with Crippen molar-refractivity contribution in [3.63, 3.8) is 0 Å². The first kappa shape index (κ1) is 24.8. The predicted molar refractivity (Wildman–Crippen MR) is 141 cm³/mol. The van der Waals surface area contributed by atoms with E-state index < -0.39 is 0 Å². The minimum absolute atomic E-state index is 0.000326. The summed E-state index contributed by atoms with van der Waals surface area (Å²) in [5, 5.41) is 3.30. The molecule has 0 spiro atoms. The highest BCUT2D eigenvalue weighted by Gasteiger charge is 2.42. The van der Waals surface area contributed by atoms with Crippen molar-refractivity contribution in [2.24, 2.45) is 17.8 Å². The number of nitrogens with zero attached hydrogens (tertiary/aromatic N) is 3. The lowest BCUT2D eigenvalue weighted by atomic mass is 10.0. The van der Waals surface area contributed by atoms with Crippen LogP contribution < -0.4 is 10.2 Å². The molecule has 36 heavy (non-hydrogen) atoms. The van der Waals surface area contributed by atoms with Crippen molar-refractivity contribution in [2.45, 2.75) is 18.9 Å². The molecule has 0 bridgehead atoms. The van der Waals surface area contributed by atoms with Gasteiger partial charge in [0.05, 0.1) is 24.1 Å². The van der Waals surface area contributed by atoms with Crippen LogP contribution in [0.3, 0.4) is 0 Å². The SMILES string of the molecule is CN(C)c1ccccc1C(=O)N1CC2CN(CCC(NC(=O)C3CCOC3)c3ccccc3)C[C@H]2C1. The average Bonchev–Trinajstić information content (AvgIpc) is 3.64. The standard InChI is InChI=1S/C29H38N4O3/c1-31(2)27-11-7-6-10-25(27)29(35)33-18-23-16-32(17-24(23)19-33)14-12-26(21-8-4-3-5-9-21)30-28(34)22-13-15-36-20-22/h3-11,22-24,26H,12-20H2,1-2H3,(H,30,34)/t22?,23-,24?,26?/m0/s1. The Morgan fingerprint density at radius 2 is 1.69 bits per heavy atom. The zero-order valence-electron chi connectivity index (χ0n) is 21.4. The van der Waals surface area contributed by atoms with Gasteiger partial charge in [0.25, 0.3) is 5.91 Å². The van der Waals surface area contributed by atoms with E-state index in [0.29, 0.717) is 25.0 Å². The van der Waals surface area contributed by atoms with Crippen molar-refractivity contribution < 1.29 is 14.3 Å². The van der Waals surface area contributed by atoms with Gasteiger partial charge in [0, 0.05) is 59.1 Å². The molecule has 4 atom stereocenters. The summed E-state index contributed by atoms with van der Waals surface area (Å²) >= 11 is 0. The second-order valence-electron chi connectivity index (χ2n) is 10.7. The first-order chi connectivity index (χ1) is 17.5. The number of fused-ring (bicyclic) bond motifs is 1. The predicted octanol–water partition coefficient (Wildman–Crippen LogP) is 3.04. The molecule has 5 rings (SSSR count). The van der Waals surface area contributed by atoms with Crippen LogP contribution in [0, 0.1) is 17.8 Å². The van der Waals surface area contributed by atoms with Crippen molar-refractivity contribution in [3.8, 4) is 0 Å². The second kappa shape index (κ2) is 11.0. The maximum atomic E-state index is 13.3. The number of benzene rings is 2. The van der Waals surface area contributed by atoms with Crippen molar-refractivity contribution in [1.82, 2.24) is 15.1 Å². The van der Waals surface area contributed by atoms with Crippen LogP contribution in [0.1, 0.15) is 34.8 Å². The first-order valence-corrected chi connectivity index (χ1v) is 13.2. The van der Waals surface area contributed by atoms with E-state index in [1.807, 2.05) is 66.4 Å². The van der Waals surface area contributed by atoms with Crippen LogP contribution in [-0.4, -0.2) is 81.6 Å². The van der Waals surface area contributed by atoms with E-state index in [9.17, 15) is 9.59 Å². The molecule has 3 fully saturated rings. The van der Waals surface area contributed by atoms with E-state index in [4.69, 9.17) is 4.74 Å². The number of hydrogen-bond acceptors (Lipinski definition) is 5. The molecule has 0 radical (unpaired) electrons. The summed E-state index contributed by atoms with van der Waals surface area (Å²) in [5.41, 5.74) is 2.91. The Balaban J connectivity index is 1.16. The monoisotopic (exact) mass is 490 g/mol. The van der Waals surface area contributed by atoms with Crippen LogP contribution in [0.5, 0.6) is 0 Å². The van der Waals surface area contributed by atoms with Gasteiger partial charge in [-0.1, -0.05) is 42.5 Å². The van der Waals surface area contributed by atoms with Gasteiger partial charge in [0.2, 0.25) is 5.91 Å². The summed E-state index contributed by atoms with van der Waals surface area (Å²) < 4.78 is 5.42. The summed E-state index contributed by atoms with van der Waals surface area (Å²) in [6.45, 7) is 5.79. The molecule has 0 aromatic heterocycles. The molecule has 3 aliphatic heterocycles. The molecule has 7 heteroatoms. The van der Waals surface area contributed by atoms with E-state index in [-0.39, 0.29) is 23.8 Å². The maximum absolute atomic E-state index is 13.3. The highest BCUT2D eigenvalue weighted by Crippen LogP contribution is 2.33. The molecule has 1 N–H and O–H groups in total. The Morgan fingerprint density at radius 1 is 1.00 bits per heavy atom. The Labute approximate surface area is 214 Å². The Hall–Kier alpha value is -2.90. The highest BCUT2D eigenvalue weighted by molar-refractivity contribution is 6.00. The van der Waals surface area contributed by atoms with E-state index in [0.717, 1.165) is 62.4 Å². The fourth-order valence-corrected chi connectivity index (χ4v) is 6.00. The number of para-hydroxylation sites is 1. The normalized spacial score (nSPS) is 24.5. The summed E-state index contributed by atoms with van der Waals surface area (Å²) in [6, 6.07) is 18.2. The number of hydrogen-bond donors (Lipinski definition) is 1. The highest BCUT2D eigenvalue weighted by atomic mass is 16.5. The minimum atomic E-state index is -0.0384. The van der Waals surface area contributed by atoms with Gasteiger partial charge in [-0.25, -0.2) is 0 Å². The third kappa shape index (κ3) is 5.42. The number of amides is 2. The van der Waals surface area contributed by atoms with E-state index in [2.05, 4.69) is 22.3 Å². The minimum Gasteiger partial charge on any atom is -0.381 e. The fraction of sp³-hybridized carbons (Fsp3) is 0.517. The summed E-state index contributed by atoms with van der Waals surface area (Å²) in [5.74, 6) is 1.24. The molecular weight excluding hydrogens is 452 g/mol. The molecule has 2 aromatic carbocycles. The second-order valence-corrected chi connectivity index (χ2v) is 10.7. The molecule has 3 aliphatic rings. The number of carbonyl (C=O) groups is 2. The third-order valence-corrected chi connectivity index (χ3v) is 8.02. The number of likely N-dealkylation sites (tertiary alicyclic amines) is 2. The summed E-state index contributed by atoms with van der Waals surface area (Å²) in [6.07, 6.45) is 1.68. The average molecular weight is 491 g/mol. The number of carbonyl (C=O) groups excluding carboxylic acids is 2. The lowest BCUT2D eigenvalue weighted by molar-refractivity contribution is -0.125. The lowest BCUT2D eigenvalue weighted by Crippen LogP contribution is -2.37. The quantitative estimate of drug-likeness (QED) is 0.616. The Morgan fingerprint density at radius 3 is 2.36 bits per heavy atom. The molecule has 2 amide bonds. The van der Waals surface area contributed by atoms with E-state index in [1.54, 1.807) is 0 Å². The molecule has 3 unspecified atom stereocenters. The van der Waals surface area contributed by atoms with Gasteiger partial charge in [0.1, 0.15) is 0 Å². The summed E-state index contributed by atoms with van der Waals surface area (Å²) in [7, 11) is 3.96. The van der Waals surface area contributed by atoms with Crippen molar-refractivity contribution in [3.05, 3.63) is 65.7 Å². The van der Waals surface area contributed by atoms with E-state index >= 15 is 0 Å². The fourth-order valence-electron chi connectivity index (χ4n) is 6.00. The van der Waals surface area contributed by atoms with Crippen LogP contribution in [0.25, 0.3) is 0 Å². The summed E-state index contributed by atoms with van der Waals surface area (Å²) in [4.78, 5) is 32.7. The zero-order valence-corrected chi connectivity index (χ0v) is 21.4. The number of anilines is 1. The number of ether oxygens (including phenoxy) is 1. The van der Waals surface area contributed by atoms with Crippen molar-refractivity contribution >= 4 is 17.5 Å². The van der Waals surface area contributed by atoms with Crippen LogP contribution in [-0.2, 0) is 9.53 Å². The molecule has 3 saturated heterocycles. The van der Waals surface area contributed by atoms with Gasteiger partial charge in [-0.15, -0.1) is 0 Å². The Kier molecular flexibility index (Phi) is 7.58. The van der Waals surface area contributed by atoms with Crippen molar-refractivity contribution in [2.75, 3.05) is 64.9 Å². The number of rotatable bonds is 8. The smallest absolute Gasteiger partial charge is 0.255 e. The van der Waals surface area contributed by atoms with Crippen LogP contribution >= 0.6 is 0 Å². The van der Waals surface area contributed by atoms with Crippen LogP contribution in [0.15, 0.2) is 54.6 Å². The molecule has 0 saturated carbocycles. The molecule has 3 heterocycles. The third-order valence-electron chi connectivity index (χ3n) is 8.02. The van der Waals surface area contributed by atoms with Crippen molar-refractivity contribution in [1.29, 1.82) is 0 Å². The number of nitrogens with one attached hydrogen (secondary N) is 1. The zero-order chi connectivity index (χ0) is 25.1. The van der Waals surface area contributed by atoms with Gasteiger partial charge in [-0.2, -0.15) is 0 Å². The molecular formula is C29H38N4O3. The van der Waals surface area contributed by atoms with Gasteiger partial charge in [0.15, 0.2) is 0 Å². The van der Waals surface area contributed by atoms with E-state index in [1.165, 1.54) is 0 Å². The first-order valence-electron chi connectivity index (χ1n) is 13.2. The largest absolute Gasteiger partial charge is 0.381 e. The Bertz CT molecular complexity index is 1040. The molecule has 7 nitrogen and oxygen atoms in total. The maximum Gasteiger partial charge on any atom is 0.255 e.